The van der Waals surface area contributed by atoms with Crippen molar-refractivity contribution >= 4 is 28.8 Å². The van der Waals surface area contributed by atoms with Gasteiger partial charge in [0.1, 0.15) is 11.5 Å². The topological polar surface area (TPSA) is 66.8 Å². The predicted octanol–water partition coefficient (Wildman–Crippen LogP) is 5.47. The molecule has 4 rings (SSSR count). The van der Waals surface area contributed by atoms with Crippen molar-refractivity contribution in [1.82, 2.24) is 4.90 Å². The highest BCUT2D eigenvalue weighted by molar-refractivity contribution is 7.09. The molecule has 1 aliphatic rings. The Morgan fingerprint density at radius 2 is 1.78 bits per heavy atom. The summed E-state index contributed by atoms with van der Waals surface area (Å²) in [5, 5.41) is 13.1. The van der Waals surface area contributed by atoms with Crippen LogP contribution in [0.1, 0.15) is 41.5 Å². The van der Waals surface area contributed by atoms with Gasteiger partial charge in [0, 0.05) is 10.4 Å². The molecule has 3 aromatic rings. The molecule has 2 aromatic carbocycles. The van der Waals surface area contributed by atoms with Gasteiger partial charge in [0.05, 0.1) is 24.3 Å². The van der Waals surface area contributed by atoms with Crippen molar-refractivity contribution in [3.8, 4) is 5.75 Å². The molecular weight excluding hydrogens is 422 g/mol. The molecule has 0 radical (unpaired) electrons. The number of thiophene rings is 1. The number of carbonyl (C=O) groups is 2. The van der Waals surface area contributed by atoms with Gasteiger partial charge in [-0.25, -0.2) is 0 Å². The second-order valence-corrected chi connectivity index (χ2v) is 9.09. The number of ketones is 1. The lowest BCUT2D eigenvalue weighted by Crippen LogP contribution is -2.29. The van der Waals surface area contributed by atoms with Crippen LogP contribution in [0.15, 0.2) is 71.6 Å². The van der Waals surface area contributed by atoms with Crippen LogP contribution in [0, 0.1) is 6.92 Å². The molecule has 6 heteroatoms. The molecule has 1 amide bonds. The highest BCUT2D eigenvalue weighted by atomic mass is 32.1. The predicted molar refractivity (Wildman–Crippen MR) is 126 cm³/mol. The summed E-state index contributed by atoms with van der Waals surface area (Å²) in [6, 6.07) is 17.7. The molecule has 1 saturated heterocycles. The Bertz CT molecular complexity index is 1160. The van der Waals surface area contributed by atoms with Crippen LogP contribution in [0.3, 0.4) is 0 Å². The minimum atomic E-state index is -0.671. The van der Waals surface area contributed by atoms with Gasteiger partial charge in [-0.3, -0.25) is 9.59 Å². The van der Waals surface area contributed by atoms with Gasteiger partial charge in [-0.2, -0.15) is 0 Å². The van der Waals surface area contributed by atoms with E-state index in [-0.39, 0.29) is 17.4 Å². The number of aliphatic hydroxyl groups excluding tert-OH is 1. The zero-order valence-electron chi connectivity index (χ0n) is 18.2. The molecule has 0 aliphatic carbocycles. The fraction of sp³-hybridized carbons (Fsp3) is 0.231. The number of nitrogens with zero attached hydrogens (tertiary/aromatic N) is 1. The van der Waals surface area contributed by atoms with Crippen molar-refractivity contribution in [2.24, 2.45) is 0 Å². The van der Waals surface area contributed by atoms with Crippen LogP contribution in [0.5, 0.6) is 5.75 Å². The van der Waals surface area contributed by atoms with Gasteiger partial charge in [0.15, 0.2) is 0 Å². The third-order valence-corrected chi connectivity index (χ3v) is 6.29. The first-order chi connectivity index (χ1) is 15.4. The Kier molecular flexibility index (Phi) is 6.15. The van der Waals surface area contributed by atoms with Crippen LogP contribution in [0.2, 0.25) is 0 Å². The van der Waals surface area contributed by atoms with Gasteiger partial charge in [-0.05, 0) is 67.6 Å². The van der Waals surface area contributed by atoms with E-state index in [1.807, 2.05) is 62.5 Å². The minimum Gasteiger partial charge on any atom is -0.507 e. The van der Waals surface area contributed by atoms with E-state index in [4.69, 9.17) is 4.74 Å². The number of likely N-dealkylation sites (tertiary alicyclic amines) is 1. The van der Waals surface area contributed by atoms with E-state index in [0.29, 0.717) is 17.9 Å². The molecule has 1 unspecified atom stereocenters. The quantitative estimate of drug-likeness (QED) is 0.309. The minimum absolute atomic E-state index is 0.0260. The maximum Gasteiger partial charge on any atom is 0.295 e. The standard InChI is InChI=1S/C26H25NO4S/c1-16(2)31-19-12-10-18(11-13-19)24(28)22-23(21-9-5-4-7-17(21)3)27(26(30)25(22)29)15-20-8-6-14-32-20/h4-14,16,23,28H,15H2,1-3H3/b24-22-. The SMILES string of the molecule is Cc1ccccc1C1/C(=C(/O)c2ccc(OC(C)C)cc2)C(=O)C(=O)N1Cc1cccs1. The van der Waals surface area contributed by atoms with Crippen molar-refractivity contribution < 1.29 is 19.4 Å². The summed E-state index contributed by atoms with van der Waals surface area (Å²) < 4.78 is 5.67. The smallest absolute Gasteiger partial charge is 0.295 e. The number of hydrogen-bond acceptors (Lipinski definition) is 5. The first-order valence-electron chi connectivity index (χ1n) is 10.5. The van der Waals surface area contributed by atoms with Gasteiger partial charge < -0.3 is 14.7 Å². The van der Waals surface area contributed by atoms with Crippen LogP contribution in [-0.4, -0.2) is 27.8 Å². The average Bonchev–Trinajstić information content (AvgIpc) is 3.36. The number of rotatable bonds is 6. The largest absolute Gasteiger partial charge is 0.507 e. The molecular formula is C26H25NO4S. The van der Waals surface area contributed by atoms with E-state index >= 15 is 0 Å². The van der Waals surface area contributed by atoms with E-state index in [1.165, 1.54) is 11.3 Å². The number of amides is 1. The van der Waals surface area contributed by atoms with E-state index < -0.39 is 17.7 Å². The molecule has 1 aliphatic heterocycles. The fourth-order valence-electron chi connectivity index (χ4n) is 3.95. The first kappa shape index (κ1) is 21.8. The molecule has 0 saturated carbocycles. The molecule has 32 heavy (non-hydrogen) atoms. The maximum absolute atomic E-state index is 13.1. The number of aliphatic hydroxyl groups is 1. The highest BCUT2D eigenvalue weighted by Crippen LogP contribution is 2.41. The van der Waals surface area contributed by atoms with Crippen molar-refractivity contribution in [2.45, 2.75) is 39.5 Å². The number of hydrogen-bond donors (Lipinski definition) is 1. The normalized spacial score (nSPS) is 17.9. The third-order valence-electron chi connectivity index (χ3n) is 5.43. The summed E-state index contributed by atoms with van der Waals surface area (Å²) in [7, 11) is 0. The van der Waals surface area contributed by atoms with Gasteiger partial charge in [0.2, 0.25) is 0 Å². The number of Topliss-reactive ketones (excluding diaryl/α,β-unsaturated/α-hetero) is 1. The van der Waals surface area contributed by atoms with Gasteiger partial charge in [-0.1, -0.05) is 30.3 Å². The lowest BCUT2D eigenvalue weighted by Gasteiger charge is -2.26. The Hall–Kier alpha value is -3.38. The molecule has 1 fully saturated rings. The second kappa shape index (κ2) is 9.01. The monoisotopic (exact) mass is 447 g/mol. The molecule has 5 nitrogen and oxygen atoms in total. The summed E-state index contributed by atoms with van der Waals surface area (Å²) >= 11 is 1.53. The molecule has 2 heterocycles. The van der Waals surface area contributed by atoms with Gasteiger partial charge >= 0.3 is 0 Å². The summed E-state index contributed by atoms with van der Waals surface area (Å²) in [6.45, 7) is 6.12. The van der Waals surface area contributed by atoms with Crippen molar-refractivity contribution in [3.05, 3.63) is 93.2 Å². The lowest BCUT2D eigenvalue weighted by atomic mass is 9.92. The van der Waals surface area contributed by atoms with Gasteiger partial charge in [0.25, 0.3) is 11.7 Å². The Balaban J connectivity index is 1.81. The van der Waals surface area contributed by atoms with E-state index in [0.717, 1.165) is 16.0 Å². The van der Waals surface area contributed by atoms with Gasteiger partial charge in [-0.15, -0.1) is 11.3 Å². The highest BCUT2D eigenvalue weighted by Gasteiger charge is 2.46. The number of carbonyl (C=O) groups excluding carboxylic acids is 2. The first-order valence-corrected chi connectivity index (χ1v) is 11.4. The second-order valence-electron chi connectivity index (χ2n) is 8.05. The van der Waals surface area contributed by atoms with Crippen LogP contribution >= 0.6 is 11.3 Å². The van der Waals surface area contributed by atoms with Crippen molar-refractivity contribution in [1.29, 1.82) is 0 Å². The molecule has 1 atom stereocenters. The Morgan fingerprint density at radius 1 is 1.06 bits per heavy atom. The number of ether oxygens (including phenoxy) is 1. The molecule has 1 N–H and O–H groups in total. The Morgan fingerprint density at radius 3 is 2.41 bits per heavy atom. The fourth-order valence-corrected chi connectivity index (χ4v) is 4.65. The van der Waals surface area contributed by atoms with Crippen LogP contribution < -0.4 is 4.74 Å². The zero-order chi connectivity index (χ0) is 22.8. The number of benzene rings is 2. The van der Waals surface area contributed by atoms with E-state index in [1.54, 1.807) is 29.2 Å². The molecule has 164 valence electrons. The molecule has 0 spiro atoms. The number of aryl methyl sites for hydroxylation is 1. The van der Waals surface area contributed by atoms with Crippen LogP contribution in [-0.2, 0) is 16.1 Å². The average molecular weight is 448 g/mol. The molecule has 0 bridgehead atoms. The van der Waals surface area contributed by atoms with Crippen LogP contribution in [0.4, 0.5) is 0 Å². The van der Waals surface area contributed by atoms with Crippen molar-refractivity contribution in [3.63, 3.8) is 0 Å². The zero-order valence-corrected chi connectivity index (χ0v) is 19.1. The summed E-state index contributed by atoms with van der Waals surface area (Å²) in [6.07, 6.45) is 0.0260. The van der Waals surface area contributed by atoms with E-state index in [2.05, 4.69) is 0 Å². The third kappa shape index (κ3) is 4.18. The van der Waals surface area contributed by atoms with E-state index in [9.17, 15) is 14.7 Å². The van der Waals surface area contributed by atoms with Crippen molar-refractivity contribution in [2.75, 3.05) is 0 Å². The summed E-state index contributed by atoms with van der Waals surface area (Å²) in [4.78, 5) is 28.7. The summed E-state index contributed by atoms with van der Waals surface area (Å²) in [5.74, 6) is -0.783. The summed E-state index contributed by atoms with van der Waals surface area (Å²) in [5.41, 5.74) is 2.35. The lowest BCUT2D eigenvalue weighted by molar-refractivity contribution is -0.140. The van der Waals surface area contributed by atoms with Crippen LogP contribution in [0.25, 0.3) is 5.76 Å². The Labute approximate surface area is 191 Å². The molecule has 1 aromatic heterocycles. The maximum atomic E-state index is 13.1.